The molecule has 1 atom stereocenters. The first-order chi connectivity index (χ1) is 9.84. The number of benzene rings is 1. The number of carboxylic acids is 1. The molecule has 1 saturated heterocycles. The molecular weight excluding hydrogens is 305 g/mol. The van der Waals surface area contributed by atoms with Crippen LogP contribution in [0.5, 0.6) is 0 Å². The van der Waals surface area contributed by atoms with Crippen LogP contribution in [-0.4, -0.2) is 35.2 Å². The van der Waals surface area contributed by atoms with Crippen molar-refractivity contribution in [2.24, 2.45) is 0 Å². The summed E-state index contributed by atoms with van der Waals surface area (Å²) in [5.41, 5.74) is -0.845. The van der Waals surface area contributed by atoms with E-state index in [2.05, 4.69) is 0 Å². The number of hydrogen-bond donors (Lipinski definition) is 1. The number of alkyl halides is 3. The van der Waals surface area contributed by atoms with Gasteiger partial charge in [-0.1, -0.05) is 0 Å². The minimum atomic E-state index is -4.53. The highest BCUT2D eigenvalue weighted by molar-refractivity contribution is 7.99. The quantitative estimate of drug-likeness (QED) is 0.908. The van der Waals surface area contributed by atoms with E-state index in [-0.39, 0.29) is 11.3 Å². The van der Waals surface area contributed by atoms with E-state index in [1.165, 1.54) is 22.7 Å². The number of nitriles is 1. The summed E-state index contributed by atoms with van der Waals surface area (Å²) < 4.78 is 38.0. The number of rotatable bonds is 2. The van der Waals surface area contributed by atoms with E-state index >= 15 is 0 Å². The van der Waals surface area contributed by atoms with Crippen LogP contribution in [-0.2, 0) is 11.0 Å². The van der Waals surface area contributed by atoms with Gasteiger partial charge in [-0.05, 0) is 18.2 Å². The molecule has 0 radical (unpaired) electrons. The molecule has 0 bridgehead atoms. The molecule has 1 fully saturated rings. The van der Waals surface area contributed by atoms with E-state index < -0.39 is 23.8 Å². The summed E-state index contributed by atoms with van der Waals surface area (Å²) in [6.45, 7) is 0.377. The van der Waals surface area contributed by atoms with Crippen LogP contribution in [0.2, 0.25) is 0 Å². The molecular formula is C13H11F3N2O2S. The smallest absolute Gasteiger partial charge is 0.416 e. The van der Waals surface area contributed by atoms with Crippen LogP contribution in [0.1, 0.15) is 11.1 Å². The maximum absolute atomic E-state index is 12.7. The third-order valence-corrected chi connectivity index (χ3v) is 4.19. The summed E-state index contributed by atoms with van der Waals surface area (Å²) in [5, 5.41) is 18.3. The third kappa shape index (κ3) is 3.24. The van der Waals surface area contributed by atoms with E-state index in [1.54, 1.807) is 6.07 Å². The lowest BCUT2D eigenvalue weighted by molar-refractivity contribution is -0.138. The number of carboxylic acid groups (broad SMARTS) is 1. The third-order valence-electron chi connectivity index (χ3n) is 3.17. The van der Waals surface area contributed by atoms with Crippen molar-refractivity contribution in [3.8, 4) is 6.07 Å². The second-order valence-electron chi connectivity index (χ2n) is 4.46. The average Bonchev–Trinajstić information content (AvgIpc) is 2.45. The molecule has 0 aromatic heterocycles. The lowest BCUT2D eigenvalue weighted by Crippen LogP contribution is -2.47. The zero-order valence-corrected chi connectivity index (χ0v) is 11.5. The summed E-state index contributed by atoms with van der Waals surface area (Å²) in [5.74, 6) is -0.0531. The number of carbonyl (C=O) groups is 1. The number of nitrogens with zero attached hydrogens (tertiary/aromatic N) is 2. The van der Waals surface area contributed by atoms with Gasteiger partial charge in [-0.2, -0.15) is 30.2 Å². The Morgan fingerprint density at radius 1 is 1.48 bits per heavy atom. The van der Waals surface area contributed by atoms with Crippen molar-refractivity contribution in [3.63, 3.8) is 0 Å². The molecule has 0 saturated carbocycles. The first kappa shape index (κ1) is 15.5. The van der Waals surface area contributed by atoms with Crippen LogP contribution in [0.4, 0.5) is 18.9 Å². The second-order valence-corrected chi connectivity index (χ2v) is 5.61. The summed E-state index contributed by atoms with van der Waals surface area (Å²) in [4.78, 5) is 12.7. The molecule has 1 unspecified atom stereocenters. The fourth-order valence-corrected chi connectivity index (χ4v) is 3.19. The lowest BCUT2D eigenvalue weighted by Gasteiger charge is -2.35. The van der Waals surface area contributed by atoms with Crippen molar-refractivity contribution in [1.82, 2.24) is 0 Å². The Hall–Kier alpha value is -1.88. The van der Waals surface area contributed by atoms with Crippen molar-refractivity contribution in [3.05, 3.63) is 29.3 Å². The number of thioether (sulfide) groups is 1. The van der Waals surface area contributed by atoms with Gasteiger partial charge in [0.15, 0.2) is 0 Å². The normalized spacial score (nSPS) is 19.1. The van der Waals surface area contributed by atoms with E-state index in [1.807, 2.05) is 0 Å². The first-order valence-corrected chi connectivity index (χ1v) is 7.18. The van der Waals surface area contributed by atoms with Crippen LogP contribution in [0, 0.1) is 11.3 Å². The zero-order valence-electron chi connectivity index (χ0n) is 10.7. The fraction of sp³-hybridized carbons (Fsp3) is 0.385. The van der Waals surface area contributed by atoms with Crippen LogP contribution < -0.4 is 4.90 Å². The van der Waals surface area contributed by atoms with Gasteiger partial charge >= 0.3 is 12.1 Å². The number of hydrogen-bond acceptors (Lipinski definition) is 4. The van der Waals surface area contributed by atoms with Gasteiger partial charge in [0.2, 0.25) is 0 Å². The molecule has 1 N–H and O–H groups in total. The molecule has 4 nitrogen and oxygen atoms in total. The minimum absolute atomic E-state index is 0.164. The predicted molar refractivity (Wildman–Crippen MR) is 72.3 cm³/mol. The highest BCUT2D eigenvalue weighted by Gasteiger charge is 2.34. The summed E-state index contributed by atoms with van der Waals surface area (Å²) in [7, 11) is 0. The molecule has 1 aromatic rings. The van der Waals surface area contributed by atoms with Crippen molar-refractivity contribution in [1.29, 1.82) is 5.26 Å². The highest BCUT2D eigenvalue weighted by Crippen LogP contribution is 2.34. The van der Waals surface area contributed by atoms with Crippen molar-refractivity contribution < 1.29 is 23.1 Å². The Bertz CT molecular complexity index is 598. The van der Waals surface area contributed by atoms with Crippen LogP contribution in [0.3, 0.4) is 0 Å². The van der Waals surface area contributed by atoms with Crippen molar-refractivity contribution >= 4 is 23.4 Å². The van der Waals surface area contributed by atoms with E-state index in [4.69, 9.17) is 5.26 Å². The largest absolute Gasteiger partial charge is 0.480 e. The summed E-state index contributed by atoms with van der Waals surface area (Å²) in [6.07, 6.45) is -4.53. The van der Waals surface area contributed by atoms with Gasteiger partial charge in [0.1, 0.15) is 12.1 Å². The van der Waals surface area contributed by atoms with Gasteiger partial charge in [-0.15, -0.1) is 0 Å². The molecule has 1 heterocycles. The van der Waals surface area contributed by atoms with Crippen LogP contribution in [0.15, 0.2) is 18.2 Å². The Labute approximate surface area is 123 Å². The molecule has 0 amide bonds. The van der Waals surface area contributed by atoms with Gasteiger partial charge in [0, 0.05) is 18.1 Å². The van der Waals surface area contributed by atoms with Gasteiger partial charge in [-0.25, -0.2) is 4.79 Å². The molecule has 0 aliphatic carbocycles. The minimum Gasteiger partial charge on any atom is -0.480 e. The summed E-state index contributed by atoms with van der Waals surface area (Å²) >= 11 is 1.47. The van der Waals surface area contributed by atoms with Crippen molar-refractivity contribution in [2.45, 2.75) is 12.2 Å². The fourth-order valence-electron chi connectivity index (χ4n) is 2.15. The maximum Gasteiger partial charge on any atom is 0.416 e. The van der Waals surface area contributed by atoms with Crippen LogP contribution >= 0.6 is 11.8 Å². The Morgan fingerprint density at radius 3 is 2.76 bits per heavy atom. The lowest BCUT2D eigenvalue weighted by atomic mass is 10.1. The van der Waals surface area contributed by atoms with Gasteiger partial charge in [-0.3, -0.25) is 0 Å². The van der Waals surface area contributed by atoms with E-state index in [0.717, 1.165) is 12.1 Å². The number of halogens is 3. The van der Waals surface area contributed by atoms with Gasteiger partial charge in [0.25, 0.3) is 0 Å². The van der Waals surface area contributed by atoms with E-state index in [0.29, 0.717) is 18.1 Å². The molecule has 1 aliphatic rings. The summed E-state index contributed by atoms with van der Waals surface area (Å²) in [6, 6.07) is 3.69. The Kier molecular flexibility index (Phi) is 4.32. The SMILES string of the molecule is N#Cc1cc(C(F)(F)F)ccc1N1CCSCC1C(=O)O. The predicted octanol–water partition coefficient (Wildman–Crippen LogP) is 2.58. The molecule has 8 heteroatoms. The van der Waals surface area contributed by atoms with E-state index in [9.17, 15) is 23.1 Å². The molecule has 21 heavy (non-hydrogen) atoms. The van der Waals surface area contributed by atoms with Crippen molar-refractivity contribution in [2.75, 3.05) is 23.0 Å². The molecule has 112 valence electrons. The Balaban J connectivity index is 2.43. The first-order valence-electron chi connectivity index (χ1n) is 6.03. The maximum atomic E-state index is 12.7. The number of aliphatic carboxylic acids is 1. The van der Waals surface area contributed by atoms with Gasteiger partial charge < -0.3 is 10.0 Å². The monoisotopic (exact) mass is 316 g/mol. The van der Waals surface area contributed by atoms with Crippen LogP contribution in [0.25, 0.3) is 0 Å². The topological polar surface area (TPSA) is 64.3 Å². The molecule has 1 aliphatic heterocycles. The molecule has 2 rings (SSSR count). The zero-order chi connectivity index (χ0) is 15.6. The second kappa shape index (κ2) is 5.85. The average molecular weight is 316 g/mol. The Morgan fingerprint density at radius 2 is 2.19 bits per heavy atom. The molecule has 0 spiro atoms. The van der Waals surface area contributed by atoms with Gasteiger partial charge in [0.05, 0.1) is 16.8 Å². The number of anilines is 1. The highest BCUT2D eigenvalue weighted by atomic mass is 32.2. The molecule has 1 aromatic carbocycles. The standard InChI is InChI=1S/C13H11F3N2O2S/c14-13(15,16)9-1-2-10(8(5-9)6-17)18-3-4-21-7-11(18)12(19)20/h1-2,5,11H,3-4,7H2,(H,19,20).